The van der Waals surface area contributed by atoms with Crippen LogP contribution in [-0.2, 0) is 0 Å². The van der Waals surface area contributed by atoms with E-state index in [-0.39, 0.29) is 11.9 Å². The quantitative estimate of drug-likeness (QED) is 0.675. The molecule has 0 radical (unpaired) electrons. The summed E-state index contributed by atoms with van der Waals surface area (Å²) in [6.45, 7) is 2.03. The first kappa shape index (κ1) is 18.2. The smallest absolute Gasteiger partial charge is 0.251 e. The maximum atomic E-state index is 12.5. The van der Waals surface area contributed by atoms with Gasteiger partial charge >= 0.3 is 0 Å². The molecule has 5 nitrogen and oxygen atoms in total. The van der Waals surface area contributed by atoms with Gasteiger partial charge in [-0.25, -0.2) is 0 Å². The number of benzene rings is 2. The van der Waals surface area contributed by atoms with E-state index in [1.165, 1.54) is 5.56 Å². The lowest BCUT2D eigenvalue weighted by Crippen LogP contribution is -2.29. The van der Waals surface area contributed by atoms with E-state index in [1.54, 1.807) is 23.9 Å². The lowest BCUT2D eigenvalue weighted by molar-refractivity contribution is 0.0927. The molecule has 0 aliphatic rings. The van der Waals surface area contributed by atoms with Crippen molar-refractivity contribution in [2.24, 2.45) is 0 Å². The first-order valence-corrected chi connectivity index (χ1v) is 9.82. The van der Waals surface area contributed by atoms with Crippen molar-refractivity contribution < 1.29 is 9.32 Å². The SMILES string of the molecule is CSCC[C@@H](NC(=O)c1ccccc1)c1nc(-c2ccc(C)cc2)no1. The summed E-state index contributed by atoms with van der Waals surface area (Å²) >= 11 is 1.71. The molecule has 0 aliphatic carbocycles. The number of hydrogen-bond donors (Lipinski definition) is 1. The van der Waals surface area contributed by atoms with Crippen molar-refractivity contribution in [1.82, 2.24) is 15.5 Å². The van der Waals surface area contributed by atoms with Crippen molar-refractivity contribution in [3.63, 3.8) is 0 Å². The van der Waals surface area contributed by atoms with E-state index in [4.69, 9.17) is 4.52 Å². The van der Waals surface area contributed by atoms with Gasteiger partial charge in [-0.2, -0.15) is 16.7 Å². The van der Waals surface area contributed by atoms with Crippen LogP contribution in [-0.4, -0.2) is 28.1 Å². The highest BCUT2D eigenvalue weighted by Crippen LogP contribution is 2.22. The number of rotatable bonds is 7. The molecule has 0 saturated heterocycles. The van der Waals surface area contributed by atoms with Crippen LogP contribution in [0.3, 0.4) is 0 Å². The van der Waals surface area contributed by atoms with Crippen molar-refractivity contribution in [2.45, 2.75) is 19.4 Å². The summed E-state index contributed by atoms with van der Waals surface area (Å²) in [6, 6.07) is 16.8. The largest absolute Gasteiger partial charge is 0.340 e. The van der Waals surface area contributed by atoms with Gasteiger partial charge in [0.05, 0.1) is 0 Å². The second-order valence-corrected chi connectivity index (χ2v) is 6.98. The van der Waals surface area contributed by atoms with Gasteiger partial charge in [0, 0.05) is 11.1 Å². The summed E-state index contributed by atoms with van der Waals surface area (Å²) in [5.41, 5.74) is 2.67. The van der Waals surface area contributed by atoms with Crippen LogP contribution in [0.15, 0.2) is 59.1 Å². The number of aryl methyl sites for hydroxylation is 1. The van der Waals surface area contributed by atoms with Crippen LogP contribution in [0.25, 0.3) is 11.4 Å². The predicted molar refractivity (Wildman–Crippen MR) is 104 cm³/mol. The zero-order chi connectivity index (χ0) is 18.4. The molecular formula is C20H21N3O2S. The molecule has 1 amide bonds. The average molecular weight is 367 g/mol. The Morgan fingerprint density at radius 3 is 2.58 bits per heavy atom. The fraction of sp³-hybridized carbons (Fsp3) is 0.250. The first-order chi connectivity index (χ1) is 12.7. The van der Waals surface area contributed by atoms with Crippen LogP contribution in [0.4, 0.5) is 0 Å². The lowest BCUT2D eigenvalue weighted by atomic mass is 10.1. The third-order valence-electron chi connectivity index (χ3n) is 4.00. The summed E-state index contributed by atoms with van der Waals surface area (Å²) in [6.07, 6.45) is 2.75. The zero-order valence-electron chi connectivity index (χ0n) is 14.8. The number of nitrogens with zero attached hydrogens (tertiary/aromatic N) is 2. The van der Waals surface area contributed by atoms with Crippen LogP contribution in [0.1, 0.15) is 34.3 Å². The molecule has 1 aromatic heterocycles. The van der Waals surface area contributed by atoms with Crippen molar-refractivity contribution in [3.05, 3.63) is 71.6 Å². The highest BCUT2D eigenvalue weighted by Gasteiger charge is 2.22. The van der Waals surface area contributed by atoms with E-state index in [0.717, 1.165) is 17.7 Å². The van der Waals surface area contributed by atoms with Gasteiger partial charge < -0.3 is 9.84 Å². The molecule has 3 rings (SSSR count). The minimum absolute atomic E-state index is 0.146. The molecule has 1 heterocycles. The molecule has 2 aromatic carbocycles. The third-order valence-corrected chi connectivity index (χ3v) is 4.65. The summed E-state index contributed by atoms with van der Waals surface area (Å²) in [5, 5.41) is 7.09. The molecule has 3 aromatic rings. The second kappa shape index (κ2) is 8.67. The van der Waals surface area contributed by atoms with Gasteiger partial charge in [-0.15, -0.1) is 0 Å². The molecule has 1 atom stereocenters. The molecular weight excluding hydrogens is 346 g/mol. The van der Waals surface area contributed by atoms with Gasteiger partial charge in [0.2, 0.25) is 11.7 Å². The Balaban J connectivity index is 1.79. The maximum absolute atomic E-state index is 12.5. The molecule has 0 aliphatic heterocycles. The van der Waals surface area contributed by atoms with Crippen molar-refractivity contribution >= 4 is 17.7 Å². The Kier molecular flexibility index (Phi) is 6.07. The molecule has 0 spiro atoms. The van der Waals surface area contributed by atoms with E-state index < -0.39 is 0 Å². The molecule has 0 unspecified atom stereocenters. The molecule has 1 N–H and O–H groups in total. The topological polar surface area (TPSA) is 68.0 Å². The van der Waals surface area contributed by atoms with E-state index in [1.807, 2.05) is 55.6 Å². The summed E-state index contributed by atoms with van der Waals surface area (Å²) in [5.74, 6) is 1.69. The molecule has 0 fully saturated rings. The van der Waals surface area contributed by atoms with Gasteiger partial charge in [-0.1, -0.05) is 53.2 Å². The minimum atomic E-state index is -0.318. The second-order valence-electron chi connectivity index (χ2n) is 6.00. The fourth-order valence-corrected chi connectivity index (χ4v) is 2.99. The van der Waals surface area contributed by atoms with E-state index in [9.17, 15) is 4.79 Å². The molecule has 6 heteroatoms. The Morgan fingerprint density at radius 1 is 1.15 bits per heavy atom. The zero-order valence-corrected chi connectivity index (χ0v) is 15.6. The van der Waals surface area contributed by atoms with Crippen molar-refractivity contribution in [2.75, 3.05) is 12.0 Å². The molecule has 0 saturated carbocycles. The number of amides is 1. The average Bonchev–Trinajstić information content (AvgIpc) is 3.16. The van der Waals surface area contributed by atoms with Gasteiger partial charge in [-0.3, -0.25) is 4.79 Å². The van der Waals surface area contributed by atoms with Gasteiger partial charge in [0.25, 0.3) is 5.91 Å². The number of hydrogen-bond acceptors (Lipinski definition) is 5. The van der Waals surface area contributed by atoms with Crippen molar-refractivity contribution in [1.29, 1.82) is 0 Å². The molecule has 0 bridgehead atoms. The van der Waals surface area contributed by atoms with Crippen LogP contribution in [0, 0.1) is 6.92 Å². The van der Waals surface area contributed by atoms with Crippen LogP contribution < -0.4 is 5.32 Å². The molecule has 26 heavy (non-hydrogen) atoms. The number of carbonyl (C=O) groups excluding carboxylic acids is 1. The van der Waals surface area contributed by atoms with Crippen LogP contribution in [0.5, 0.6) is 0 Å². The van der Waals surface area contributed by atoms with E-state index >= 15 is 0 Å². The standard InChI is InChI=1S/C20H21N3O2S/c1-14-8-10-15(11-9-14)18-22-20(25-23-18)17(12-13-26-2)21-19(24)16-6-4-3-5-7-16/h3-11,17H,12-13H2,1-2H3,(H,21,24)/t17-/m1/s1. The minimum Gasteiger partial charge on any atom is -0.340 e. The highest BCUT2D eigenvalue weighted by atomic mass is 32.2. The number of thioether (sulfide) groups is 1. The summed E-state index contributed by atoms with van der Waals surface area (Å²) < 4.78 is 5.46. The first-order valence-electron chi connectivity index (χ1n) is 8.43. The van der Waals surface area contributed by atoms with Crippen LogP contribution >= 0.6 is 11.8 Å². The van der Waals surface area contributed by atoms with Crippen molar-refractivity contribution in [3.8, 4) is 11.4 Å². The monoisotopic (exact) mass is 367 g/mol. The predicted octanol–water partition coefficient (Wildman–Crippen LogP) is 4.27. The lowest BCUT2D eigenvalue weighted by Gasteiger charge is -2.14. The highest BCUT2D eigenvalue weighted by molar-refractivity contribution is 7.98. The number of aromatic nitrogens is 2. The summed E-state index contributed by atoms with van der Waals surface area (Å²) in [7, 11) is 0. The Labute approximate surface area is 157 Å². The van der Waals surface area contributed by atoms with Gasteiger partial charge in [0.1, 0.15) is 6.04 Å². The van der Waals surface area contributed by atoms with E-state index in [2.05, 4.69) is 15.5 Å². The van der Waals surface area contributed by atoms with Gasteiger partial charge in [0.15, 0.2) is 0 Å². The van der Waals surface area contributed by atoms with E-state index in [0.29, 0.717) is 17.3 Å². The number of carbonyl (C=O) groups is 1. The maximum Gasteiger partial charge on any atom is 0.251 e. The Morgan fingerprint density at radius 2 is 1.88 bits per heavy atom. The Bertz CT molecular complexity index is 847. The van der Waals surface area contributed by atoms with Gasteiger partial charge in [-0.05, 0) is 37.5 Å². The Hall–Kier alpha value is -2.60. The number of nitrogens with one attached hydrogen (secondary N) is 1. The summed E-state index contributed by atoms with van der Waals surface area (Å²) in [4.78, 5) is 17.0. The fourth-order valence-electron chi connectivity index (χ4n) is 2.52. The van der Waals surface area contributed by atoms with Crippen LogP contribution in [0.2, 0.25) is 0 Å². The molecule has 134 valence electrons. The third kappa shape index (κ3) is 4.52. The normalized spacial score (nSPS) is 11.9.